The monoisotopic (exact) mass is 211 g/mol. The van der Waals surface area contributed by atoms with Crippen LogP contribution in [0.3, 0.4) is 0 Å². The molecule has 2 N–H and O–H groups in total. The summed E-state index contributed by atoms with van der Waals surface area (Å²) >= 11 is 0. The molecule has 0 spiro atoms. The summed E-state index contributed by atoms with van der Waals surface area (Å²) in [6.45, 7) is 5.82. The van der Waals surface area contributed by atoms with Crippen molar-refractivity contribution in [1.29, 1.82) is 0 Å². The van der Waals surface area contributed by atoms with Crippen LogP contribution in [-0.4, -0.2) is 17.3 Å². The molecule has 84 valence electrons. The van der Waals surface area contributed by atoms with E-state index in [0.717, 1.165) is 5.56 Å². The van der Waals surface area contributed by atoms with Gasteiger partial charge in [0.1, 0.15) is 5.82 Å². The molecule has 0 amide bonds. The fourth-order valence-electron chi connectivity index (χ4n) is 1.17. The van der Waals surface area contributed by atoms with E-state index in [4.69, 9.17) is 0 Å². The Labute approximate surface area is 90.1 Å². The van der Waals surface area contributed by atoms with Gasteiger partial charge in [0.2, 0.25) is 0 Å². The number of aliphatic hydroxyl groups is 1. The normalized spacial score (nSPS) is 14.7. The first-order valence-electron chi connectivity index (χ1n) is 5.17. The Morgan fingerprint density at radius 3 is 2.67 bits per heavy atom. The van der Waals surface area contributed by atoms with E-state index in [9.17, 15) is 9.50 Å². The van der Waals surface area contributed by atoms with Crippen molar-refractivity contribution in [3.8, 4) is 0 Å². The third kappa shape index (κ3) is 3.51. The second kappa shape index (κ2) is 4.62. The third-order valence-electron chi connectivity index (χ3n) is 2.55. The van der Waals surface area contributed by atoms with Crippen molar-refractivity contribution >= 4 is 5.69 Å². The van der Waals surface area contributed by atoms with E-state index in [1.54, 1.807) is 13.0 Å². The van der Waals surface area contributed by atoms with Gasteiger partial charge in [0.15, 0.2) is 0 Å². The van der Waals surface area contributed by atoms with Crippen LogP contribution < -0.4 is 5.32 Å². The number of benzene rings is 1. The highest BCUT2D eigenvalue weighted by molar-refractivity contribution is 5.46. The summed E-state index contributed by atoms with van der Waals surface area (Å²) in [6, 6.07) is 5.01. The maximum atomic E-state index is 13.4. The van der Waals surface area contributed by atoms with Crippen molar-refractivity contribution < 1.29 is 9.50 Å². The number of hydrogen-bond donors (Lipinski definition) is 2. The van der Waals surface area contributed by atoms with Gasteiger partial charge in [-0.25, -0.2) is 4.39 Å². The summed E-state index contributed by atoms with van der Waals surface area (Å²) in [7, 11) is 0. The Hall–Kier alpha value is -1.09. The zero-order chi connectivity index (χ0) is 11.5. The van der Waals surface area contributed by atoms with E-state index in [0.29, 0.717) is 18.7 Å². The summed E-state index contributed by atoms with van der Waals surface area (Å²) in [5.41, 5.74) is 0.534. The molecule has 1 rings (SSSR count). The molecule has 1 aromatic carbocycles. The van der Waals surface area contributed by atoms with Gasteiger partial charge in [-0.15, -0.1) is 0 Å². The third-order valence-corrected chi connectivity index (χ3v) is 2.55. The van der Waals surface area contributed by atoms with Crippen LogP contribution in [0.1, 0.15) is 25.8 Å². The molecular formula is C12H18FNO. The molecule has 1 atom stereocenters. The molecule has 0 aliphatic rings. The standard InChI is InChI=1S/C12H18FNO/c1-4-12(3,15)8-14-11-6-5-9(2)7-10(11)13/h5-7,14-15H,4,8H2,1-3H3. The van der Waals surface area contributed by atoms with Crippen LogP contribution in [0.4, 0.5) is 10.1 Å². The molecule has 0 aliphatic carbocycles. The van der Waals surface area contributed by atoms with Crippen LogP contribution in [-0.2, 0) is 0 Å². The molecule has 0 aliphatic heterocycles. The maximum Gasteiger partial charge on any atom is 0.146 e. The first-order valence-corrected chi connectivity index (χ1v) is 5.17. The Kier molecular flexibility index (Phi) is 3.69. The van der Waals surface area contributed by atoms with Gasteiger partial charge in [0, 0.05) is 6.54 Å². The smallest absolute Gasteiger partial charge is 0.146 e. The van der Waals surface area contributed by atoms with Crippen LogP contribution in [0.5, 0.6) is 0 Å². The fraction of sp³-hybridized carbons (Fsp3) is 0.500. The van der Waals surface area contributed by atoms with E-state index in [2.05, 4.69) is 5.32 Å². The van der Waals surface area contributed by atoms with E-state index < -0.39 is 5.60 Å². The molecule has 2 nitrogen and oxygen atoms in total. The van der Waals surface area contributed by atoms with Gasteiger partial charge in [-0.3, -0.25) is 0 Å². The van der Waals surface area contributed by atoms with E-state index in [1.807, 2.05) is 19.9 Å². The van der Waals surface area contributed by atoms with Gasteiger partial charge < -0.3 is 10.4 Å². The number of halogens is 1. The van der Waals surface area contributed by atoms with Gasteiger partial charge in [-0.05, 0) is 38.0 Å². The minimum Gasteiger partial charge on any atom is -0.388 e. The average molecular weight is 211 g/mol. The van der Waals surface area contributed by atoms with Crippen molar-refractivity contribution in [2.75, 3.05) is 11.9 Å². The topological polar surface area (TPSA) is 32.3 Å². The number of hydrogen-bond acceptors (Lipinski definition) is 2. The molecule has 1 aromatic rings. The Balaban J connectivity index is 2.66. The lowest BCUT2D eigenvalue weighted by molar-refractivity contribution is 0.0697. The van der Waals surface area contributed by atoms with Crippen LogP contribution >= 0.6 is 0 Å². The van der Waals surface area contributed by atoms with Gasteiger partial charge in [-0.2, -0.15) is 0 Å². The molecule has 3 heteroatoms. The van der Waals surface area contributed by atoms with Crippen LogP contribution in [0, 0.1) is 12.7 Å². The van der Waals surface area contributed by atoms with Crippen molar-refractivity contribution in [1.82, 2.24) is 0 Å². The molecule has 0 bridgehead atoms. The molecule has 0 heterocycles. The Morgan fingerprint density at radius 2 is 2.13 bits per heavy atom. The summed E-state index contributed by atoms with van der Waals surface area (Å²) in [5, 5.41) is 12.7. The van der Waals surface area contributed by atoms with Crippen molar-refractivity contribution in [3.63, 3.8) is 0 Å². The number of rotatable bonds is 4. The van der Waals surface area contributed by atoms with Crippen molar-refractivity contribution in [3.05, 3.63) is 29.6 Å². The van der Waals surface area contributed by atoms with Gasteiger partial charge in [0.25, 0.3) is 0 Å². The lowest BCUT2D eigenvalue weighted by Gasteiger charge is -2.22. The number of aryl methyl sites for hydroxylation is 1. The second-order valence-electron chi connectivity index (χ2n) is 4.19. The number of anilines is 1. The molecule has 0 saturated carbocycles. The molecule has 1 unspecified atom stereocenters. The second-order valence-corrected chi connectivity index (χ2v) is 4.19. The SMILES string of the molecule is CCC(C)(O)CNc1ccc(C)cc1F. The lowest BCUT2D eigenvalue weighted by atomic mass is 10.0. The van der Waals surface area contributed by atoms with Crippen molar-refractivity contribution in [2.24, 2.45) is 0 Å². The predicted octanol–water partition coefficient (Wildman–Crippen LogP) is 2.71. The zero-order valence-electron chi connectivity index (χ0n) is 9.47. The van der Waals surface area contributed by atoms with Crippen LogP contribution in [0.2, 0.25) is 0 Å². The molecule has 0 fully saturated rings. The van der Waals surface area contributed by atoms with Gasteiger partial charge in [-0.1, -0.05) is 13.0 Å². The van der Waals surface area contributed by atoms with E-state index in [-0.39, 0.29) is 5.82 Å². The average Bonchev–Trinajstić information content (AvgIpc) is 2.16. The van der Waals surface area contributed by atoms with Crippen LogP contribution in [0.25, 0.3) is 0 Å². The van der Waals surface area contributed by atoms with E-state index >= 15 is 0 Å². The summed E-state index contributed by atoms with van der Waals surface area (Å²) in [6.07, 6.45) is 0.632. The minimum absolute atomic E-state index is 0.276. The summed E-state index contributed by atoms with van der Waals surface area (Å²) in [4.78, 5) is 0. The first-order chi connectivity index (χ1) is 6.94. The quantitative estimate of drug-likeness (QED) is 0.802. The largest absolute Gasteiger partial charge is 0.388 e. The molecular weight excluding hydrogens is 193 g/mol. The lowest BCUT2D eigenvalue weighted by Crippen LogP contribution is -2.32. The highest BCUT2D eigenvalue weighted by Crippen LogP contribution is 2.17. The Bertz CT molecular complexity index is 336. The van der Waals surface area contributed by atoms with Gasteiger partial charge in [0.05, 0.1) is 11.3 Å². The summed E-state index contributed by atoms with van der Waals surface area (Å²) < 4.78 is 13.4. The minimum atomic E-state index is -0.794. The fourth-order valence-corrected chi connectivity index (χ4v) is 1.17. The predicted molar refractivity (Wildman–Crippen MR) is 60.5 cm³/mol. The van der Waals surface area contributed by atoms with Crippen molar-refractivity contribution in [2.45, 2.75) is 32.8 Å². The highest BCUT2D eigenvalue weighted by Gasteiger charge is 2.17. The zero-order valence-corrected chi connectivity index (χ0v) is 9.47. The van der Waals surface area contributed by atoms with E-state index in [1.165, 1.54) is 6.07 Å². The Morgan fingerprint density at radius 1 is 1.47 bits per heavy atom. The van der Waals surface area contributed by atoms with Crippen LogP contribution in [0.15, 0.2) is 18.2 Å². The molecule has 15 heavy (non-hydrogen) atoms. The molecule has 0 saturated heterocycles. The van der Waals surface area contributed by atoms with Gasteiger partial charge >= 0.3 is 0 Å². The summed E-state index contributed by atoms with van der Waals surface area (Å²) in [5.74, 6) is -0.276. The highest BCUT2D eigenvalue weighted by atomic mass is 19.1. The first kappa shape index (κ1) is 12.0. The maximum absolute atomic E-state index is 13.4. The number of nitrogens with one attached hydrogen (secondary N) is 1. The molecule has 0 radical (unpaired) electrons. The molecule has 0 aromatic heterocycles.